The molecule has 1 aromatic carbocycles. The molecule has 1 aromatic heterocycles. The van der Waals surface area contributed by atoms with E-state index >= 15 is 0 Å². The third kappa shape index (κ3) is 2.31. The zero-order valence-electron chi connectivity index (χ0n) is 10.7. The molecule has 0 saturated carbocycles. The first kappa shape index (κ1) is 13.2. The number of benzene rings is 1. The highest BCUT2D eigenvalue weighted by atomic mass is 16.5. The maximum atomic E-state index is 9.13. The van der Waals surface area contributed by atoms with E-state index in [9.17, 15) is 0 Å². The number of anilines is 2. The van der Waals surface area contributed by atoms with Crippen LogP contribution in [0.4, 0.5) is 11.5 Å². The van der Waals surface area contributed by atoms with Gasteiger partial charge in [-0.1, -0.05) is 17.7 Å². The normalized spacial score (nSPS) is 9.55. The van der Waals surface area contributed by atoms with E-state index in [1.54, 1.807) is 12.1 Å². The summed E-state index contributed by atoms with van der Waals surface area (Å²) in [6.45, 7) is 1.94. The molecular weight excluding hydrogens is 254 g/mol. The molecule has 1 heterocycles. The van der Waals surface area contributed by atoms with Crippen molar-refractivity contribution in [1.82, 2.24) is 4.98 Å². The molecule has 98 valence electrons. The smallest absolute Gasteiger partial charge is 0.241 e. The molecule has 4 N–H and O–H groups in total. The number of nitrogens with two attached hydrogens (primary N) is 2. The van der Waals surface area contributed by atoms with Gasteiger partial charge in [-0.15, -0.1) is 0 Å². The van der Waals surface area contributed by atoms with Crippen LogP contribution in [-0.4, -0.2) is 4.98 Å². The molecule has 0 fully saturated rings. The van der Waals surface area contributed by atoms with Crippen molar-refractivity contribution >= 4 is 11.5 Å². The number of hydrogen-bond donors (Lipinski definition) is 2. The molecule has 6 nitrogen and oxygen atoms in total. The predicted molar refractivity (Wildman–Crippen MR) is 73.7 cm³/mol. The first-order valence-corrected chi connectivity index (χ1v) is 5.70. The first-order chi connectivity index (χ1) is 9.56. The third-order valence-corrected chi connectivity index (χ3v) is 2.69. The lowest BCUT2D eigenvalue weighted by Gasteiger charge is -2.10. The fourth-order valence-corrected chi connectivity index (χ4v) is 1.62. The molecule has 2 aromatic rings. The van der Waals surface area contributed by atoms with Crippen molar-refractivity contribution < 1.29 is 4.74 Å². The molecule has 0 atom stereocenters. The molecule has 0 spiro atoms. The van der Waals surface area contributed by atoms with Gasteiger partial charge in [-0.2, -0.15) is 15.5 Å². The summed E-state index contributed by atoms with van der Waals surface area (Å²) in [6, 6.07) is 10.9. The van der Waals surface area contributed by atoms with E-state index in [0.29, 0.717) is 5.75 Å². The van der Waals surface area contributed by atoms with Gasteiger partial charge in [-0.25, -0.2) is 0 Å². The van der Waals surface area contributed by atoms with Crippen LogP contribution in [0.2, 0.25) is 0 Å². The van der Waals surface area contributed by atoms with Crippen LogP contribution in [0.5, 0.6) is 11.6 Å². The van der Waals surface area contributed by atoms with Gasteiger partial charge in [0.1, 0.15) is 34.8 Å². The summed E-state index contributed by atoms with van der Waals surface area (Å²) in [6.07, 6.45) is 0. The average molecular weight is 265 g/mol. The number of nitrogen functional groups attached to an aromatic ring is 2. The van der Waals surface area contributed by atoms with Crippen LogP contribution in [0.25, 0.3) is 0 Å². The molecule has 0 aliphatic carbocycles. The van der Waals surface area contributed by atoms with Crippen LogP contribution in [0, 0.1) is 29.6 Å². The Morgan fingerprint density at radius 3 is 2.20 bits per heavy atom. The standard InChI is InChI=1S/C14H11N5O/c1-8-2-4-9(5-3-8)20-14-11(7-16)12(17)10(6-15)13(18)19-14/h2-5H,1H3,(H4,17,18,19). The lowest BCUT2D eigenvalue weighted by molar-refractivity contribution is 0.462. The van der Waals surface area contributed by atoms with Crippen LogP contribution in [0.3, 0.4) is 0 Å². The average Bonchev–Trinajstić information content (AvgIpc) is 2.42. The Kier molecular flexibility index (Phi) is 3.41. The number of aromatic nitrogens is 1. The van der Waals surface area contributed by atoms with E-state index in [1.807, 2.05) is 31.2 Å². The van der Waals surface area contributed by atoms with Gasteiger partial charge < -0.3 is 16.2 Å². The second kappa shape index (κ2) is 5.17. The van der Waals surface area contributed by atoms with E-state index in [0.717, 1.165) is 5.56 Å². The molecule has 20 heavy (non-hydrogen) atoms. The van der Waals surface area contributed by atoms with Crippen molar-refractivity contribution in [1.29, 1.82) is 10.5 Å². The summed E-state index contributed by atoms with van der Waals surface area (Å²) >= 11 is 0. The highest BCUT2D eigenvalue weighted by Crippen LogP contribution is 2.31. The van der Waals surface area contributed by atoms with Gasteiger partial charge >= 0.3 is 0 Å². The van der Waals surface area contributed by atoms with Crippen molar-refractivity contribution in [3.63, 3.8) is 0 Å². The zero-order chi connectivity index (χ0) is 14.7. The largest absolute Gasteiger partial charge is 0.438 e. The molecule has 0 aliphatic rings. The predicted octanol–water partition coefficient (Wildman–Crippen LogP) is 2.09. The number of nitriles is 2. The van der Waals surface area contributed by atoms with Gasteiger partial charge in [0.05, 0.1) is 5.69 Å². The summed E-state index contributed by atoms with van der Waals surface area (Å²) in [7, 11) is 0. The van der Waals surface area contributed by atoms with E-state index in [4.69, 9.17) is 26.7 Å². The summed E-state index contributed by atoms with van der Waals surface area (Å²) in [4.78, 5) is 3.92. The second-order valence-corrected chi connectivity index (χ2v) is 4.10. The quantitative estimate of drug-likeness (QED) is 0.857. The molecule has 0 saturated heterocycles. The molecule has 2 rings (SSSR count). The molecule has 0 radical (unpaired) electrons. The summed E-state index contributed by atoms with van der Waals surface area (Å²) in [5.41, 5.74) is 12.4. The van der Waals surface area contributed by atoms with Gasteiger partial charge in [-0.3, -0.25) is 0 Å². The number of aryl methyl sites for hydroxylation is 1. The number of rotatable bonds is 2. The SMILES string of the molecule is Cc1ccc(Oc2nc(N)c(C#N)c(N)c2C#N)cc1. The van der Waals surface area contributed by atoms with Gasteiger partial charge in [-0.05, 0) is 19.1 Å². The minimum atomic E-state index is -0.0638. The van der Waals surface area contributed by atoms with Crippen molar-refractivity contribution in [2.75, 3.05) is 11.5 Å². The van der Waals surface area contributed by atoms with Gasteiger partial charge in [0.25, 0.3) is 0 Å². The van der Waals surface area contributed by atoms with Crippen molar-refractivity contribution in [2.45, 2.75) is 6.92 Å². The van der Waals surface area contributed by atoms with Crippen LogP contribution < -0.4 is 16.2 Å². The van der Waals surface area contributed by atoms with Crippen molar-refractivity contribution in [3.05, 3.63) is 41.0 Å². The fraction of sp³-hybridized carbons (Fsp3) is 0.0714. The topological polar surface area (TPSA) is 122 Å². The van der Waals surface area contributed by atoms with Crippen molar-refractivity contribution in [2.24, 2.45) is 0 Å². The van der Waals surface area contributed by atoms with E-state index in [2.05, 4.69) is 4.98 Å². The first-order valence-electron chi connectivity index (χ1n) is 5.70. The highest BCUT2D eigenvalue weighted by molar-refractivity contribution is 5.73. The van der Waals surface area contributed by atoms with Gasteiger partial charge in [0.2, 0.25) is 5.88 Å². The lowest BCUT2D eigenvalue weighted by Crippen LogP contribution is -2.05. The monoisotopic (exact) mass is 265 g/mol. The summed E-state index contributed by atoms with van der Waals surface area (Å²) in [5.74, 6) is 0.430. The second-order valence-electron chi connectivity index (χ2n) is 4.10. The fourth-order valence-electron chi connectivity index (χ4n) is 1.62. The maximum Gasteiger partial charge on any atom is 0.241 e. The maximum absolute atomic E-state index is 9.13. The van der Waals surface area contributed by atoms with Crippen LogP contribution >= 0.6 is 0 Å². The molecule has 0 aliphatic heterocycles. The van der Waals surface area contributed by atoms with E-state index < -0.39 is 0 Å². The van der Waals surface area contributed by atoms with E-state index in [-0.39, 0.29) is 28.5 Å². The van der Waals surface area contributed by atoms with Crippen LogP contribution in [0.15, 0.2) is 24.3 Å². The minimum Gasteiger partial charge on any atom is -0.438 e. The number of hydrogen-bond acceptors (Lipinski definition) is 6. The summed E-state index contributed by atoms with van der Waals surface area (Å²) < 4.78 is 5.51. The summed E-state index contributed by atoms with van der Waals surface area (Å²) in [5, 5.41) is 18.1. The van der Waals surface area contributed by atoms with Gasteiger partial charge in [0, 0.05) is 0 Å². The Morgan fingerprint density at radius 2 is 1.65 bits per heavy atom. The Morgan fingerprint density at radius 1 is 1.05 bits per heavy atom. The molecule has 0 amide bonds. The minimum absolute atomic E-state index is 0.00340. The third-order valence-electron chi connectivity index (χ3n) is 2.69. The highest BCUT2D eigenvalue weighted by Gasteiger charge is 2.17. The van der Waals surface area contributed by atoms with Gasteiger partial charge in [0.15, 0.2) is 0 Å². The lowest BCUT2D eigenvalue weighted by atomic mass is 10.1. The molecular formula is C14H11N5O. The molecule has 6 heteroatoms. The van der Waals surface area contributed by atoms with Crippen LogP contribution in [-0.2, 0) is 0 Å². The van der Waals surface area contributed by atoms with E-state index in [1.165, 1.54) is 0 Å². The zero-order valence-corrected chi connectivity index (χ0v) is 10.7. The Hall–Kier alpha value is -3.25. The Labute approximate surface area is 115 Å². The van der Waals surface area contributed by atoms with Crippen molar-refractivity contribution in [3.8, 4) is 23.8 Å². The Bertz CT molecular complexity index is 738. The number of nitrogens with zero attached hydrogens (tertiary/aromatic N) is 3. The molecule has 0 unspecified atom stereocenters. The molecule has 0 bridgehead atoms. The Balaban J connectivity index is 2.50. The number of pyridine rings is 1. The van der Waals surface area contributed by atoms with Crippen LogP contribution in [0.1, 0.15) is 16.7 Å². The number of ether oxygens (including phenoxy) is 1.